The smallest absolute Gasteiger partial charge is 0.407 e. The van der Waals surface area contributed by atoms with E-state index in [2.05, 4.69) is 0 Å². The van der Waals surface area contributed by atoms with Crippen molar-refractivity contribution < 1.29 is 14.3 Å². The summed E-state index contributed by atoms with van der Waals surface area (Å²) in [6, 6.07) is 8.93. The van der Waals surface area contributed by atoms with Gasteiger partial charge in [0.25, 0.3) is 0 Å². The molecule has 5 heteroatoms. The van der Waals surface area contributed by atoms with Gasteiger partial charge in [-0.1, -0.05) is 30.3 Å². The first-order valence-corrected chi connectivity index (χ1v) is 4.66. The second-order valence-electron chi connectivity index (χ2n) is 3.51. The van der Waals surface area contributed by atoms with E-state index >= 15 is 0 Å². The molecule has 0 bridgehead atoms. The highest BCUT2D eigenvalue weighted by Gasteiger charge is 2.31. The molecule has 3 N–H and O–H groups in total. The average molecular weight is 194 g/mol. The van der Waals surface area contributed by atoms with Gasteiger partial charge < -0.3 is 20.1 Å². The molecule has 1 aliphatic rings. The quantitative estimate of drug-likeness (QED) is 0.574. The summed E-state index contributed by atoms with van der Waals surface area (Å²) in [5, 5.41) is 10.0. The zero-order valence-electron chi connectivity index (χ0n) is 7.80. The first-order chi connectivity index (χ1) is 6.71. The normalized spacial score (nSPS) is 32.9. The van der Waals surface area contributed by atoms with Crippen molar-refractivity contribution >= 4 is 12.2 Å². The van der Waals surface area contributed by atoms with Gasteiger partial charge in [0.1, 0.15) is 0 Å². The van der Waals surface area contributed by atoms with E-state index in [9.17, 15) is 5.02 Å². The molecule has 2 rings (SSSR count). The van der Waals surface area contributed by atoms with E-state index in [1.807, 2.05) is 18.2 Å². The number of hydrogen-bond donors (Lipinski definition) is 2. The molecule has 1 fully saturated rings. The Labute approximate surface area is 82.6 Å². The Morgan fingerprint density at radius 2 is 1.79 bits per heavy atom. The fraction of sp³-hybridized carbons (Fsp3) is 0.333. The van der Waals surface area contributed by atoms with Crippen molar-refractivity contribution in [1.29, 1.82) is 0 Å². The molecule has 0 radical (unpaired) electrons. The fourth-order valence-corrected chi connectivity index (χ4v) is 1.49. The molecule has 0 amide bonds. The van der Waals surface area contributed by atoms with Crippen LogP contribution in [0.5, 0.6) is 0 Å². The molecule has 1 saturated heterocycles. The van der Waals surface area contributed by atoms with Gasteiger partial charge in [-0.15, -0.1) is 5.46 Å². The van der Waals surface area contributed by atoms with Gasteiger partial charge in [-0.25, -0.2) is 0 Å². The van der Waals surface area contributed by atoms with Crippen LogP contribution in [-0.4, -0.2) is 31.0 Å². The summed E-state index contributed by atoms with van der Waals surface area (Å²) >= 11 is 0. The molecule has 4 nitrogen and oxygen atoms in total. The topological polar surface area (TPSA) is 64.7 Å². The second kappa shape index (κ2) is 3.71. The lowest BCUT2D eigenvalue weighted by molar-refractivity contribution is 0.0496. The van der Waals surface area contributed by atoms with E-state index in [0.29, 0.717) is 18.7 Å². The molecule has 0 saturated carbocycles. The third kappa shape index (κ3) is 1.81. The van der Waals surface area contributed by atoms with Crippen LogP contribution < -0.4 is 11.2 Å². The van der Waals surface area contributed by atoms with Gasteiger partial charge in [0.2, 0.25) is 0 Å². The van der Waals surface area contributed by atoms with Crippen LogP contribution in [-0.2, 0) is 9.31 Å². The van der Waals surface area contributed by atoms with Crippen molar-refractivity contribution in [3.8, 4) is 0 Å². The van der Waals surface area contributed by atoms with Crippen LogP contribution in [0.1, 0.15) is 0 Å². The van der Waals surface area contributed by atoms with E-state index in [0.717, 1.165) is 0 Å². The second-order valence-corrected chi connectivity index (χ2v) is 3.51. The maximum atomic E-state index is 10.0. The van der Waals surface area contributed by atoms with Crippen molar-refractivity contribution in [2.75, 3.05) is 13.2 Å². The fourth-order valence-electron chi connectivity index (χ4n) is 1.49. The highest BCUT2D eigenvalue weighted by molar-refractivity contribution is 6.74. The Morgan fingerprint density at radius 1 is 1.21 bits per heavy atom. The Morgan fingerprint density at radius 3 is 2.36 bits per heavy atom. The number of benzene rings is 1. The van der Waals surface area contributed by atoms with Crippen molar-refractivity contribution in [1.82, 2.24) is 0 Å². The van der Waals surface area contributed by atoms with Crippen LogP contribution in [0.25, 0.3) is 0 Å². The van der Waals surface area contributed by atoms with E-state index in [4.69, 9.17) is 15.0 Å². The van der Waals surface area contributed by atoms with Crippen LogP contribution in [0.4, 0.5) is 0 Å². The SMILES string of the molecule is NC1CO[B-](O)(c2ccccc2)OC1. The summed E-state index contributed by atoms with van der Waals surface area (Å²) in [7, 11) is 0. The first-order valence-electron chi connectivity index (χ1n) is 4.66. The Hall–Kier alpha value is -0.875. The summed E-state index contributed by atoms with van der Waals surface area (Å²) in [5.74, 6) is 0. The van der Waals surface area contributed by atoms with Crippen LogP contribution in [0.3, 0.4) is 0 Å². The van der Waals surface area contributed by atoms with E-state index in [1.54, 1.807) is 12.1 Å². The number of nitrogens with two attached hydrogens (primary N) is 1. The summed E-state index contributed by atoms with van der Waals surface area (Å²) < 4.78 is 10.5. The van der Waals surface area contributed by atoms with E-state index in [1.165, 1.54) is 0 Å². The predicted octanol–water partition coefficient (Wildman–Crippen LogP) is -0.801. The lowest BCUT2D eigenvalue weighted by Crippen LogP contribution is -2.61. The number of rotatable bonds is 1. The molecule has 0 atom stereocenters. The third-order valence-electron chi connectivity index (χ3n) is 2.29. The van der Waals surface area contributed by atoms with Crippen molar-refractivity contribution in [2.45, 2.75) is 6.04 Å². The maximum Gasteiger partial charge on any atom is 0.407 e. The van der Waals surface area contributed by atoms with Crippen molar-refractivity contribution in [3.63, 3.8) is 0 Å². The molecule has 0 unspecified atom stereocenters. The summed E-state index contributed by atoms with van der Waals surface area (Å²) in [6.45, 7) is -1.66. The predicted molar refractivity (Wildman–Crippen MR) is 53.9 cm³/mol. The molecule has 1 aromatic carbocycles. The van der Waals surface area contributed by atoms with Crippen LogP contribution in [0.2, 0.25) is 0 Å². The summed E-state index contributed by atoms with van der Waals surface area (Å²) in [4.78, 5) is 0. The monoisotopic (exact) mass is 194 g/mol. The third-order valence-corrected chi connectivity index (χ3v) is 2.29. The molecule has 1 aromatic rings. The standard InChI is InChI=1S/C9H13BNO3/c11-9-6-13-10(12,14-7-9)8-4-2-1-3-5-8/h1-5,9,12H,6-7,11H2/q-1. The minimum Gasteiger partial charge on any atom is -0.555 e. The van der Waals surface area contributed by atoms with Gasteiger partial charge >= 0.3 is 6.75 Å². The van der Waals surface area contributed by atoms with Gasteiger partial charge in [0, 0.05) is 19.3 Å². The van der Waals surface area contributed by atoms with Gasteiger partial charge in [-0.2, -0.15) is 0 Å². The zero-order valence-corrected chi connectivity index (χ0v) is 7.80. The van der Waals surface area contributed by atoms with Crippen molar-refractivity contribution in [2.24, 2.45) is 5.73 Å². The summed E-state index contributed by atoms with van der Waals surface area (Å²) in [5.41, 5.74) is 6.24. The van der Waals surface area contributed by atoms with Gasteiger partial charge in [-0.05, 0) is 0 Å². The lowest BCUT2D eigenvalue weighted by atomic mass is 9.69. The molecule has 0 spiro atoms. The van der Waals surface area contributed by atoms with E-state index < -0.39 is 6.75 Å². The molecule has 0 aliphatic carbocycles. The molecule has 76 valence electrons. The van der Waals surface area contributed by atoms with Gasteiger partial charge in [0.15, 0.2) is 0 Å². The highest BCUT2D eigenvalue weighted by atomic mass is 16.7. The largest absolute Gasteiger partial charge is 0.555 e. The molecule has 0 aromatic heterocycles. The first kappa shape index (κ1) is 9.67. The Bertz CT molecular complexity index is 298. The van der Waals surface area contributed by atoms with E-state index in [-0.39, 0.29) is 6.04 Å². The molecular formula is C9H13BNO3-. The highest BCUT2D eigenvalue weighted by Crippen LogP contribution is 2.10. The molecule has 1 aliphatic heterocycles. The Balaban J connectivity index is 2.17. The maximum absolute atomic E-state index is 10.0. The molecule has 14 heavy (non-hydrogen) atoms. The minimum atomic E-state index is -2.31. The zero-order chi connectivity index (χ0) is 10.0. The van der Waals surface area contributed by atoms with Crippen LogP contribution >= 0.6 is 0 Å². The summed E-state index contributed by atoms with van der Waals surface area (Å²) in [6.07, 6.45) is 0. The average Bonchev–Trinajstić information content (AvgIpc) is 2.24. The number of hydrogen-bond acceptors (Lipinski definition) is 4. The van der Waals surface area contributed by atoms with Crippen molar-refractivity contribution in [3.05, 3.63) is 30.3 Å². The molecule has 1 heterocycles. The van der Waals surface area contributed by atoms with Gasteiger partial charge in [-0.3, -0.25) is 0 Å². The van der Waals surface area contributed by atoms with Gasteiger partial charge in [0.05, 0.1) is 0 Å². The van der Waals surface area contributed by atoms with Crippen LogP contribution in [0.15, 0.2) is 30.3 Å². The van der Waals surface area contributed by atoms with Crippen LogP contribution in [0, 0.1) is 0 Å². The molecular weight excluding hydrogens is 181 g/mol. The Kier molecular flexibility index (Phi) is 2.56. The minimum absolute atomic E-state index is 0.152. The lowest BCUT2D eigenvalue weighted by Gasteiger charge is -2.42.